The van der Waals surface area contributed by atoms with Gasteiger partial charge in [-0.05, 0) is 43.9 Å². The molecule has 1 fully saturated rings. The summed E-state index contributed by atoms with van der Waals surface area (Å²) in [5.41, 5.74) is 0.362. The molecule has 0 saturated heterocycles. The van der Waals surface area contributed by atoms with Gasteiger partial charge in [0.1, 0.15) is 0 Å². The largest absolute Gasteiger partial charge is 0.493 e. The number of carbonyl (C=O) groups excluding carboxylic acids is 2. The third-order valence-electron chi connectivity index (χ3n) is 4.55. The summed E-state index contributed by atoms with van der Waals surface area (Å²) in [5, 5.41) is 2.97. The Kier molecular flexibility index (Phi) is 7.10. The third-order valence-corrected chi connectivity index (χ3v) is 4.55. The second-order valence-electron chi connectivity index (χ2n) is 6.37. The van der Waals surface area contributed by atoms with Crippen LogP contribution in [-0.4, -0.2) is 38.7 Å². The topological polar surface area (TPSA) is 73.9 Å². The summed E-state index contributed by atoms with van der Waals surface area (Å²) in [7, 11) is 2.80. The highest BCUT2D eigenvalue weighted by atomic mass is 16.5. The highest BCUT2D eigenvalue weighted by Crippen LogP contribution is 2.29. The second kappa shape index (κ2) is 9.30. The number of carbonyl (C=O) groups is 2. The maximum absolute atomic E-state index is 12.3. The Morgan fingerprint density at radius 2 is 1.88 bits per heavy atom. The van der Waals surface area contributed by atoms with E-state index in [0.29, 0.717) is 29.5 Å². The fourth-order valence-corrected chi connectivity index (χ4v) is 3.03. The lowest BCUT2D eigenvalue weighted by Crippen LogP contribution is -2.39. The van der Waals surface area contributed by atoms with Gasteiger partial charge in [-0.3, -0.25) is 4.79 Å². The fourth-order valence-electron chi connectivity index (χ4n) is 3.03. The van der Waals surface area contributed by atoms with Crippen LogP contribution in [-0.2, 0) is 9.53 Å². The summed E-state index contributed by atoms with van der Waals surface area (Å²) in [6, 6.07) is 4.72. The zero-order valence-electron chi connectivity index (χ0n) is 15.2. The maximum Gasteiger partial charge on any atom is 0.337 e. The van der Waals surface area contributed by atoms with E-state index in [-0.39, 0.29) is 5.91 Å². The Balaban J connectivity index is 1.93. The van der Waals surface area contributed by atoms with Gasteiger partial charge in [-0.2, -0.15) is 0 Å². The molecule has 6 nitrogen and oxygen atoms in total. The molecule has 138 valence electrons. The van der Waals surface area contributed by atoms with Crippen LogP contribution in [0.25, 0.3) is 0 Å². The summed E-state index contributed by atoms with van der Waals surface area (Å²) >= 11 is 0. The van der Waals surface area contributed by atoms with E-state index in [9.17, 15) is 9.59 Å². The minimum atomic E-state index is -0.651. The smallest absolute Gasteiger partial charge is 0.337 e. The van der Waals surface area contributed by atoms with E-state index in [1.165, 1.54) is 52.4 Å². The van der Waals surface area contributed by atoms with Crippen LogP contribution in [0.3, 0.4) is 0 Å². The van der Waals surface area contributed by atoms with Crippen LogP contribution in [0.15, 0.2) is 18.2 Å². The standard InChI is InChI=1S/C19H27NO5/c1-13(18(21)20-12-14-7-5-4-6-8-14)25-16-10-9-15(19(22)24-3)11-17(16)23-2/h9-11,13-14H,4-8,12H2,1-3H3,(H,20,21)/t13-/m0/s1. The van der Waals surface area contributed by atoms with E-state index in [1.807, 2.05) is 0 Å². The normalized spacial score (nSPS) is 16.0. The minimum Gasteiger partial charge on any atom is -0.493 e. The lowest BCUT2D eigenvalue weighted by atomic mass is 9.89. The molecule has 0 bridgehead atoms. The van der Waals surface area contributed by atoms with Gasteiger partial charge in [-0.25, -0.2) is 4.79 Å². The lowest BCUT2D eigenvalue weighted by molar-refractivity contribution is -0.127. The number of rotatable bonds is 7. The van der Waals surface area contributed by atoms with Crippen molar-refractivity contribution >= 4 is 11.9 Å². The van der Waals surface area contributed by atoms with Gasteiger partial charge < -0.3 is 19.5 Å². The van der Waals surface area contributed by atoms with Gasteiger partial charge in [0.25, 0.3) is 5.91 Å². The maximum atomic E-state index is 12.3. The zero-order valence-corrected chi connectivity index (χ0v) is 15.2. The van der Waals surface area contributed by atoms with Crippen molar-refractivity contribution in [1.29, 1.82) is 0 Å². The number of esters is 1. The number of methoxy groups -OCH3 is 2. The summed E-state index contributed by atoms with van der Waals surface area (Å²) in [4.78, 5) is 23.8. The Labute approximate surface area is 148 Å². The highest BCUT2D eigenvalue weighted by Gasteiger charge is 2.20. The van der Waals surface area contributed by atoms with Gasteiger partial charge >= 0.3 is 5.97 Å². The minimum absolute atomic E-state index is 0.148. The Morgan fingerprint density at radius 3 is 2.52 bits per heavy atom. The second-order valence-corrected chi connectivity index (χ2v) is 6.37. The van der Waals surface area contributed by atoms with Gasteiger partial charge in [-0.15, -0.1) is 0 Å². The molecular weight excluding hydrogens is 322 g/mol. The summed E-state index contributed by atoms with van der Waals surface area (Å²) < 4.78 is 15.7. The van der Waals surface area contributed by atoms with E-state index in [1.54, 1.807) is 19.1 Å². The van der Waals surface area contributed by atoms with Crippen molar-refractivity contribution < 1.29 is 23.8 Å². The van der Waals surface area contributed by atoms with E-state index >= 15 is 0 Å². The summed E-state index contributed by atoms with van der Waals surface area (Å²) in [6.07, 6.45) is 5.50. The highest BCUT2D eigenvalue weighted by molar-refractivity contribution is 5.90. The van der Waals surface area contributed by atoms with Gasteiger partial charge in [0, 0.05) is 6.54 Å². The van der Waals surface area contributed by atoms with Crippen LogP contribution in [0.5, 0.6) is 11.5 Å². The van der Waals surface area contributed by atoms with E-state index < -0.39 is 12.1 Å². The van der Waals surface area contributed by atoms with Gasteiger partial charge in [0.15, 0.2) is 17.6 Å². The van der Waals surface area contributed by atoms with Crippen LogP contribution in [0, 0.1) is 5.92 Å². The quantitative estimate of drug-likeness (QED) is 0.766. The summed E-state index contributed by atoms with van der Waals surface area (Å²) in [6.45, 7) is 2.40. The Hall–Kier alpha value is -2.24. The first-order valence-corrected chi connectivity index (χ1v) is 8.76. The lowest BCUT2D eigenvalue weighted by Gasteiger charge is -2.23. The molecule has 25 heavy (non-hydrogen) atoms. The number of amides is 1. The molecule has 1 aromatic rings. The van der Waals surface area contributed by atoms with Crippen molar-refractivity contribution in [2.75, 3.05) is 20.8 Å². The molecular formula is C19H27NO5. The number of ether oxygens (including phenoxy) is 3. The molecule has 1 saturated carbocycles. The molecule has 1 N–H and O–H groups in total. The van der Waals surface area contributed by atoms with Crippen molar-refractivity contribution in [3.63, 3.8) is 0 Å². The van der Waals surface area contributed by atoms with E-state index in [4.69, 9.17) is 9.47 Å². The van der Waals surface area contributed by atoms with Gasteiger partial charge in [0.05, 0.1) is 19.8 Å². The molecule has 0 aromatic heterocycles. The molecule has 1 aliphatic carbocycles. The first kappa shape index (κ1) is 19.1. The molecule has 1 aromatic carbocycles. The average Bonchev–Trinajstić information content (AvgIpc) is 2.66. The molecule has 2 rings (SSSR count). The average molecular weight is 349 g/mol. The number of hydrogen-bond donors (Lipinski definition) is 1. The number of benzene rings is 1. The SMILES string of the molecule is COC(=O)c1ccc(O[C@@H](C)C(=O)NCC2CCCCC2)c(OC)c1. The molecule has 1 amide bonds. The monoisotopic (exact) mass is 349 g/mol. The van der Waals surface area contributed by atoms with Crippen molar-refractivity contribution in [3.8, 4) is 11.5 Å². The van der Waals surface area contributed by atoms with Crippen molar-refractivity contribution in [3.05, 3.63) is 23.8 Å². The van der Waals surface area contributed by atoms with E-state index in [2.05, 4.69) is 10.1 Å². The molecule has 0 unspecified atom stereocenters. The fraction of sp³-hybridized carbons (Fsp3) is 0.579. The van der Waals surface area contributed by atoms with Crippen LogP contribution >= 0.6 is 0 Å². The molecule has 1 aliphatic rings. The molecule has 6 heteroatoms. The molecule has 0 heterocycles. The predicted molar refractivity (Wildman–Crippen MR) is 94.0 cm³/mol. The predicted octanol–water partition coefficient (Wildman–Crippen LogP) is 2.95. The van der Waals surface area contributed by atoms with Crippen LogP contribution in [0.4, 0.5) is 0 Å². The van der Waals surface area contributed by atoms with E-state index in [0.717, 1.165) is 0 Å². The number of hydrogen-bond acceptors (Lipinski definition) is 5. The number of nitrogens with one attached hydrogen (secondary N) is 1. The molecule has 0 aliphatic heterocycles. The van der Waals surface area contributed by atoms with Crippen molar-refractivity contribution in [2.24, 2.45) is 5.92 Å². The molecule has 0 radical (unpaired) electrons. The Bertz CT molecular complexity index is 595. The van der Waals surface area contributed by atoms with Crippen LogP contribution in [0.2, 0.25) is 0 Å². The van der Waals surface area contributed by atoms with Crippen LogP contribution < -0.4 is 14.8 Å². The van der Waals surface area contributed by atoms with Crippen molar-refractivity contribution in [2.45, 2.75) is 45.1 Å². The Morgan fingerprint density at radius 1 is 1.16 bits per heavy atom. The first-order chi connectivity index (χ1) is 12.0. The van der Waals surface area contributed by atoms with Crippen LogP contribution in [0.1, 0.15) is 49.4 Å². The van der Waals surface area contributed by atoms with Gasteiger partial charge in [0.2, 0.25) is 0 Å². The third kappa shape index (κ3) is 5.37. The van der Waals surface area contributed by atoms with Gasteiger partial charge in [-0.1, -0.05) is 19.3 Å². The summed E-state index contributed by atoms with van der Waals surface area (Å²) in [5.74, 6) is 0.761. The molecule has 0 spiro atoms. The molecule has 1 atom stereocenters. The first-order valence-electron chi connectivity index (χ1n) is 8.76. The van der Waals surface area contributed by atoms with Crippen molar-refractivity contribution in [1.82, 2.24) is 5.32 Å². The zero-order chi connectivity index (χ0) is 18.2.